The van der Waals surface area contributed by atoms with Gasteiger partial charge in [0.2, 0.25) is 5.79 Å². The quantitative estimate of drug-likeness (QED) is 0.907. The third kappa shape index (κ3) is 3.26. The molecule has 1 saturated heterocycles. The lowest BCUT2D eigenvalue weighted by molar-refractivity contribution is -0.284. The van der Waals surface area contributed by atoms with E-state index in [2.05, 4.69) is 6.92 Å². The maximum atomic E-state index is 5.85. The van der Waals surface area contributed by atoms with Crippen LogP contribution in [0.2, 0.25) is 0 Å². The highest BCUT2D eigenvalue weighted by Crippen LogP contribution is 2.32. The molecule has 0 unspecified atom stereocenters. The minimum atomic E-state index is -0.803. The van der Waals surface area contributed by atoms with Crippen molar-refractivity contribution in [3.05, 3.63) is 29.8 Å². The Labute approximate surface area is 114 Å². The fraction of sp³-hybridized carbons (Fsp3) is 0.600. The Kier molecular flexibility index (Phi) is 4.45. The van der Waals surface area contributed by atoms with Gasteiger partial charge >= 0.3 is 0 Å². The topological polar surface area (TPSA) is 53.7 Å². The zero-order valence-electron chi connectivity index (χ0n) is 11.9. The van der Waals surface area contributed by atoms with Gasteiger partial charge in [-0.1, -0.05) is 6.92 Å². The van der Waals surface area contributed by atoms with Crippen molar-refractivity contribution in [1.82, 2.24) is 0 Å². The van der Waals surface area contributed by atoms with Crippen molar-refractivity contribution in [1.29, 1.82) is 0 Å². The molecule has 1 fully saturated rings. The molecule has 0 radical (unpaired) electrons. The largest absolute Gasteiger partial charge is 0.491 e. The van der Waals surface area contributed by atoms with Crippen molar-refractivity contribution >= 4 is 0 Å². The minimum absolute atomic E-state index is 0.164. The number of rotatable bonds is 4. The predicted molar refractivity (Wildman–Crippen MR) is 74.0 cm³/mol. The van der Waals surface area contributed by atoms with Crippen LogP contribution in [-0.2, 0) is 15.3 Å². The third-order valence-corrected chi connectivity index (χ3v) is 3.14. The highest BCUT2D eigenvalue weighted by molar-refractivity contribution is 5.30. The van der Waals surface area contributed by atoms with E-state index in [0.717, 1.165) is 11.3 Å². The summed E-state index contributed by atoms with van der Waals surface area (Å²) in [7, 11) is 0. The van der Waals surface area contributed by atoms with Gasteiger partial charge in [-0.3, -0.25) is 0 Å². The van der Waals surface area contributed by atoms with Crippen LogP contribution in [0.5, 0.6) is 5.75 Å². The molecule has 0 atom stereocenters. The van der Waals surface area contributed by atoms with Gasteiger partial charge in [0, 0.05) is 11.5 Å². The lowest BCUT2D eigenvalue weighted by atomic mass is 10.0. The summed E-state index contributed by atoms with van der Waals surface area (Å²) in [5, 5.41) is 0. The fourth-order valence-corrected chi connectivity index (χ4v) is 2.11. The van der Waals surface area contributed by atoms with Crippen LogP contribution in [0.15, 0.2) is 24.3 Å². The summed E-state index contributed by atoms with van der Waals surface area (Å²) in [5.41, 5.74) is 6.80. The van der Waals surface area contributed by atoms with E-state index in [9.17, 15) is 0 Å². The van der Waals surface area contributed by atoms with Gasteiger partial charge in [0.1, 0.15) is 5.75 Å². The summed E-state index contributed by atoms with van der Waals surface area (Å²) in [6.45, 7) is 7.75. The predicted octanol–water partition coefficient (Wildman–Crippen LogP) is 2.27. The van der Waals surface area contributed by atoms with Crippen LogP contribution in [-0.4, -0.2) is 25.9 Å². The molecular weight excluding hydrogens is 242 g/mol. The van der Waals surface area contributed by atoms with E-state index in [4.69, 9.17) is 19.9 Å². The molecule has 1 heterocycles. The molecule has 19 heavy (non-hydrogen) atoms. The molecule has 0 aliphatic carbocycles. The highest BCUT2D eigenvalue weighted by Gasteiger charge is 2.37. The summed E-state index contributed by atoms with van der Waals surface area (Å²) in [5.74, 6) is 0.446. The summed E-state index contributed by atoms with van der Waals surface area (Å²) in [6, 6.07) is 7.77. The van der Waals surface area contributed by atoms with E-state index in [1.807, 2.05) is 38.1 Å². The van der Waals surface area contributed by atoms with E-state index in [-0.39, 0.29) is 6.10 Å². The van der Waals surface area contributed by atoms with Crippen molar-refractivity contribution < 1.29 is 14.2 Å². The molecule has 0 saturated carbocycles. The second-order valence-corrected chi connectivity index (χ2v) is 5.38. The summed E-state index contributed by atoms with van der Waals surface area (Å²) < 4.78 is 17.3. The Balaban J connectivity index is 2.15. The van der Waals surface area contributed by atoms with Crippen LogP contribution in [0.3, 0.4) is 0 Å². The molecule has 2 N–H and O–H groups in total. The van der Waals surface area contributed by atoms with Crippen molar-refractivity contribution in [3.8, 4) is 5.75 Å². The van der Waals surface area contributed by atoms with Crippen molar-refractivity contribution in [2.45, 2.75) is 32.7 Å². The molecule has 2 rings (SSSR count). The molecule has 1 aromatic rings. The molecule has 0 bridgehead atoms. The average Bonchev–Trinajstić information content (AvgIpc) is 2.40. The van der Waals surface area contributed by atoms with Crippen molar-refractivity contribution in [2.75, 3.05) is 19.8 Å². The first-order valence-corrected chi connectivity index (χ1v) is 6.81. The summed E-state index contributed by atoms with van der Waals surface area (Å²) >= 11 is 0. The lowest BCUT2D eigenvalue weighted by Crippen LogP contribution is -2.46. The molecule has 106 valence electrons. The summed E-state index contributed by atoms with van der Waals surface area (Å²) in [4.78, 5) is 0. The first kappa shape index (κ1) is 14.3. The standard InChI is InChI=1S/C15H23NO3/c1-11(2)19-14-6-4-13(5-7-14)15(10-16)17-8-12(3)9-18-15/h4-7,11-12H,8-10,16H2,1-3H3. The van der Waals surface area contributed by atoms with Gasteiger partial charge in [-0.2, -0.15) is 0 Å². The number of nitrogens with two attached hydrogens (primary N) is 1. The maximum absolute atomic E-state index is 5.85. The monoisotopic (exact) mass is 265 g/mol. The summed E-state index contributed by atoms with van der Waals surface area (Å²) in [6.07, 6.45) is 0.164. The van der Waals surface area contributed by atoms with E-state index in [1.165, 1.54) is 0 Å². The smallest absolute Gasteiger partial charge is 0.207 e. The van der Waals surface area contributed by atoms with Gasteiger partial charge < -0.3 is 19.9 Å². The first-order valence-electron chi connectivity index (χ1n) is 6.81. The van der Waals surface area contributed by atoms with Gasteiger partial charge in [0.05, 0.1) is 25.9 Å². The van der Waals surface area contributed by atoms with Crippen molar-refractivity contribution in [3.63, 3.8) is 0 Å². The Hall–Kier alpha value is -1.10. The number of hydrogen-bond donors (Lipinski definition) is 1. The average molecular weight is 265 g/mol. The Morgan fingerprint density at radius 3 is 2.32 bits per heavy atom. The molecule has 1 aromatic carbocycles. The van der Waals surface area contributed by atoms with E-state index in [1.54, 1.807) is 0 Å². The highest BCUT2D eigenvalue weighted by atomic mass is 16.7. The molecule has 0 aromatic heterocycles. The van der Waals surface area contributed by atoms with Gasteiger partial charge in [0.25, 0.3) is 0 Å². The molecule has 4 nitrogen and oxygen atoms in total. The van der Waals surface area contributed by atoms with Crippen LogP contribution in [0.25, 0.3) is 0 Å². The minimum Gasteiger partial charge on any atom is -0.491 e. The molecular formula is C15H23NO3. The normalized spacial score (nSPS) is 27.5. The van der Waals surface area contributed by atoms with Crippen LogP contribution < -0.4 is 10.5 Å². The third-order valence-electron chi connectivity index (χ3n) is 3.14. The number of hydrogen-bond acceptors (Lipinski definition) is 4. The Morgan fingerprint density at radius 1 is 1.26 bits per heavy atom. The van der Waals surface area contributed by atoms with Gasteiger partial charge in [-0.05, 0) is 38.1 Å². The second-order valence-electron chi connectivity index (χ2n) is 5.38. The molecule has 0 spiro atoms. The van der Waals surface area contributed by atoms with Crippen LogP contribution in [0.1, 0.15) is 26.3 Å². The van der Waals surface area contributed by atoms with Crippen molar-refractivity contribution in [2.24, 2.45) is 11.7 Å². The zero-order valence-corrected chi connectivity index (χ0v) is 11.9. The zero-order chi connectivity index (χ0) is 13.9. The maximum Gasteiger partial charge on any atom is 0.207 e. The van der Waals surface area contributed by atoms with Crippen LogP contribution in [0.4, 0.5) is 0 Å². The van der Waals surface area contributed by atoms with Gasteiger partial charge in [-0.25, -0.2) is 0 Å². The Bertz CT molecular complexity index is 394. The number of ether oxygens (including phenoxy) is 3. The fourth-order valence-electron chi connectivity index (χ4n) is 2.11. The van der Waals surface area contributed by atoms with E-state index in [0.29, 0.717) is 25.7 Å². The van der Waals surface area contributed by atoms with Gasteiger partial charge in [0.15, 0.2) is 0 Å². The molecule has 1 aliphatic rings. The molecule has 0 amide bonds. The number of benzene rings is 1. The molecule has 4 heteroatoms. The molecule has 1 aliphatic heterocycles. The van der Waals surface area contributed by atoms with Crippen LogP contribution in [0, 0.1) is 5.92 Å². The first-order chi connectivity index (χ1) is 9.05. The second kappa shape index (κ2) is 5.90. The lowest BCUT2D eigenvalue weighted by Gasteiger charge is -2.38. The van der Waals surface area contributed by atoms with E-state index < -0.39 is 5.79 Å². The van der Waals surface area contributed by atoms with Gasteiger partial charge in [-0.15, -0.1) is 0 Å². The SMILES string of the molecule is CC1COC(CN)(c2ccc(OC(C)C)cc2)OC1. The Morgan fingerprint density at radius 2 is 1.84 bits per heavy atom. The van der Waals surface area contributed by atoms with Crippen LogP contribution >= 0.6 is 0 Å². The van der Waals surface area contributed by atoms with E-state index >= 15 is 0 Å².